The van der Waals surface area contributed by atoms with E-state index in [-0.39, 0.29) is 17.3 Å². The number of amides is 2. The van der Waals surface area contributed by atoms with Crippen molar-refractivity contribution in [2.24, 2.45) is 0 Å². The second-order valence-electron chi connectivity index (χ2n) is 7.42. The van der Waals surface area contributed by atoms with E-state index in [9.17, 15) is 14.9 Å². The third-order valence-electron chi connectivity index (χ3n) is 5.02. The number of carbonyl (C=O) groups is 2. The van der Waals surface area contributed by atoms with Gasteiger partial charge in [-0.3, -0.25) is 9.59 Å². The van der Waals surface area contributed by atoms with Gasteiger partial charge in [0, 0.05) is 23.6 Å². The second kappa shape index (κ2) is 8.32. The van der Waals surface area contributed by atoms with Gasteiger partial charge in [0.05, 0.1) is 11.7 Å². The molecule has 0 spiro atoms. The molecule has 2 N–H and O–H groups in total. The number of hydrogen-bond acceptors (Lipinski definition) is 5. The molecular formula is C24H20N6O2. The highest BCUT2D eigenvalue weighted by Crippen LogP contribution is 2.25. The molecule has 32 heavy (non-hydrogen) atoms. The number of benzene rings is 2. The van der Waals surface area contributed by atoms with E-state index in [0.29, 0.717) is 17.1 Å². The Morgan fingerprint density at radius 2 is 1.81 bits per heavy atom. The molecule has 0 atom stereocenters. The van der Waals surface area contributed by atoms with Crippen LogP contribution in [0.4, 0.5) is 11.5 Å². The van der Waals surface area contributed by atoms with E-state index in [0.717, 1.165) is 22.0 Å². The molecule has 2 heterocycles. The van der Waals surface area contributed by atoms with Gasteiger partial charge < -0.3 is 10.6 Å². The Labute approximate surface area is 184 Å². The molecule has 0 aliphatic carbocycles. The minimum absolute atomic E-state index is 0.209. The number of nitriles is 1. The van der Waals surface area contributed by atoms with Crippen LogP contribution in [0.2, 0.25) is 0 Å². The maximum Gasteiger partial charge on any atom is 0.256 e. The van der Waals surface area contributed by atoms with Crippen LogP contribution in [-0.4, -0.2) is 26.6 Å². The Morgan fingerprint density at radius 3 is 2.56 bits per heavy atom. The zero-order chi connectivity index (χ0) is 22.8. The van der Waals surface area contributed by atoms with Gasteiger partial charge in [-0.15, -0.1) is 0 Å². The van der Waals surface area contributed by atoms with Crippen LogP contribution in [0, 0.1) is 25.2 Å². The molecule has 0 saturated heterocycles. The number of hydrogen-bond donors (Lipinski definition) is 2. The number of aryl methyl sites for hydroxylation is 2. The van der Waals surface area contributed by atoms with Crippen LogP contribution in [0.5, 0.6) is 0 Å². The van der Waals surface area contributed by atoms with E-state index in [1.807, 2.05) is 38.1 Å². The summed E-state index contributed by atoms with van der Waals surface area (Å²) in [6, 6.07) is 16.4. The van der Waals surface area contributed by atoms with Gasteiger partial charge in [-0.05, 0) is 49.2 Å². The molecule has 4 rings (SSSR count). The summed E-state index contributed by atoms with van der Waals surface area (Å²) in [6.07, 6.45) is 1.39. The van der Waals surface area contributed by atoms with Crippen LogP contribution >= 0.6 is 0 Å². The Hall–Kier alpha value is -4.51. The van der Waals surface area contributed by atoms with Crippen molar-refractivity contribution in [2.45, 2.75) is 20.8 Å². The third kappa shape index (κ3) is 3.91. The van der Waals surface area contributed by atoms with E-state index < -0.39 is 5.91 Å². The number of pyridine rings is 1. The van der Waals surface area contributed by atoms with Crippen molar-refractivity contribution < 1.29 is 9.59 Å². The number of rotatable bonds is 4. The Morgan fingerprint density at radius 1 is 1.03 bits per heavy atom. The van der Waals surface area contributed by atoms with Gasteiger partial charge in [0.25, 0.3) is 5.91 Å². The predicted octanol–water partition coefficient (Wildman–Crippen LogP) is 4.12. The summed E-state index contributed by atoms with van der Waals surface area (Å²) in [4.78, 5) is 29.0. The summed E-state index contributed by atoms with van der Waals surface area (Å²) in [6.45, 7) is 5.35. The molecule has 2 aromatic carbocycles. The molecule has 0 radical (unpaired) electrons. The standard InChI is InChI=1S/C24H20N6O2/c1-14-6-4-9-20-15(2)10-21(28-22(14)20)30-23(18(12-25)13-26-30)29-24(32)17-7-5-8-19(11-17)27-16(3)31/h4-11,13H,1-3H3,(H,27,31)(H,29,32). The number of fused-ring (bicyclic) bond motifs is 1. The molecule has 0 aliphatic heterocycles. The first kappa shape index (κ1) is 20.8. The highest BCUT2D eigenvalue weighted by Gasteiger charge is 2.18. The molecule has 0 fully saturated rings. The summed E-state index contributed by atoms with van der Waals surface area (Å²) in [7, 11) is 0. The van der Waals surface area contributed by atoms with Crippen molar-refractivity contribution in [3.05, 3.63) is 77.0 Å². The average Bonchev–Trinajstić information content (AvgIpc) is 3.16. The first-order valence-corrected chi connectivity index (χ1v) is 9.92. The van der Waals surface area contributed by atoms with Gasteiger partial charge in [0.1, 0.15) is 11.6 Å². The molecule has 2 amide bonds. The number of carbonyl (C=O) groups excluding carboxylic acids is 2. The van der Waals surface area contributed by atoms with Crippen LogP contribution in [-0.2, 0) is 4.79 Å². The maximum absolute atomic E-state index is 12.9. The number of aromatic nitrogens is 3. The van der Waals surface area contributed by atoms with Crippen LogP contribution in [0.25, 0.3) is 16.7 Å². The highest BCUT2D eigenvalue weighted by molar-refractivity contribution is 6.05. The lowest BCUT2D eigenvalue weighted by Gasteiger charge is -2.12. The van der Waals surface area contributed by atoms with Gasteiger partial charge in [-0.25, -0.2) is 4.98 Å². The van der Waals surface area contributed by atoms with Gasteiger partial charge in [0.15, 0.2) is 11.6 Å². The van der Waals surface area contributed by atoms with Crippen molar-refractivity contribution in [2.75, 3.05) is 10.6 Å². The molecular weight excluding hydrogens is 404 g/mol. The van der Waals surface area contributed by atoms with Crippen LogP contribution < -0.4 is 10.6 Å². The predicted molar refractivity (Wildman–Crippen MR) is 122 cm³/mol. The van der Waals surface area contributed by atoms with Crippen LogP contribution in [0.1, 0.15) is 34.0 Å². The topological polar surface area (TPSA) is 113 Å². The van der Waals surface area contributed by atoms with Gasteiger partial charge in [0.2, 0.25) is 5.91 Å². The lowest BCUT2D eigenvalue weighted by Crippen LogP contribution is -2.17. The van der Waals surface area contributed by atoms with Gasteiger partial charge >= 0.3 is 0 Å². The summed E-state index contributed by atoms with van der Waals surface area (Å²) < 4.78 is 1.45. The first-order valence-electron chi connectivity index (χ1n) is 9.92. The van der Waals surface area contributed by atoms with E-state index in [1.165, 1.54) is 17.8 Å². The quantitative estimate of drug-likeness (QED) is 0.512. The van der Waals surface area contributed by atoms with Gasteiger partial charge in [-0.1, -0.05) is 24.3 Å². The zero-order valence-corrected chi connectivity index (χ0v) is 17.8. The molecule has 8 nitrogen and oxygen atoms in total. The molecule has 0 saturated carbocycles. The van der Waals surface area contributed by atoms with E-state index in [1.54, 1.807) is 24.3 Å². The fourth-order valence-corrected chi connectivity index (χ4v) is 3.50. The van der Waals surface area contributed by atoms with Crippen LogP contribution in [0.3, 0.4) is 0 Å². The largest absolute Gasteiger partial charge is 0.326 e. The highest BCUT2D eigenvalue weighted by atomic mass is 16.2. The minimum atomic E-state index is -0.441. The van der Waals surface area contributed by atoms with E-state index >= 15 is 0 Å². The smallest absolute Gasteiger partial charge is 0.256 e. The van der Waals surface area contributed by atoms with Crippen molar-refractivity contribution in [1.29, 1.82) is 5.26 Å². The van der Waals surface area contributed by atoms with Gasteiger partial charge in [-0.2, -0.15) is 15.0 Å². The van der Waals surface area contributed by atoms with E-state index in [2.05, 4.69) is 21.8 Å². The van der Waals surface area contributed by atoms with Crippen LogP contribution in [0.15, 0.2) is 54.7 Å². The second-order valence-corrected chi connectivity index (χ2v) is 7.42. The Bertz CT molecular complexity index is 1410. The summed E-state index contributed by atoms with van der Waals surface area (Å²) in [5, 5.41) is 20.3. The molecule has 0 bridgehead atoms. The molecule has 2 aromatic heterocycles. The van der Waals surface area contributed by atoms with Crippen molar-refractivity contribution in [1.82, 2.24) is 14.8 Å². The van der Waals surface area contributed by atoms with Crippen molar-refractivity contribution in [3.63, 3.8) is 0 Å². The molecule has 0 aliphatic rings. The maximum atomic E-state index is 12.9. The summed E-state index contributed by atoms with van der Waals surface area (Å²) in [5.41, 5.74) is 3.88. The first-order chi connectivity index (χ1) is 15.4. The van der Waals surface area contributed by atoms with Crippen molar-refractivity contribution in [3.8, 4) is 11.9 Å². The average molecular weight is 424 g/mol. The number of anilines is 2. The minimum Gasteiger partial charge on any atom is -0.326 e. The molecule has 4 aromatic rings. The van der Waals surface area contributed by atoms with Crippen molar-refractivity contribution >= 4 is 34.2 Å². The SMILES string of the molecule is CC(=O)Nc1cccc(C(=O)Nc2c(C#N)cnn2-c2cc(C)c3cccc(C)c3n2)c1. The summed E-state index contributed by atoms with van der Waals surface area (Å²) in [5.74, 6) is 0.0416. The lowest BCUT2D eigenvalue weighted by molar-refractivity contribution is -0.114. The van der Waals surface area contributed by atoms with E-state index in [4.69, 9.17) is 4.98 Å². The number of para-hydroxylation sites is 1. The number of nitrogens with one attached hydrogen (secondary N) is 2. The molecule has 158 valence electrons. The summed E-state index contributed by atoms with van der Waals surface area (Å²) >= 11 is 0. The molecule has 0 unspecified atom stereocenters. The zero-order valence-electron chi connectivity index (χ0n) is 17.8. The fraction of sp³-hybridized carbons (Fsp3) is 0.125. The third-order valence-corrected chi connectivity index (χ3v) is 5.02. The normalized spacial score (nSPS) is 10.6. The monoisotopic (exact) mass is 424 g/mol. The Balaban J connectivity index is 1.75. The fourth-order valence-electron chi connectivity index (χ4n) is 3.50. The number of nitrogens with zero attached hydrogens (tertiary/aromatic N) is 4. The Kier molecular flexibility index (Phi) is 5.39. The lowest BCUT2D eigenvalue weighted by atomic mass is 10.1. The molecule has 8 heteroatoms.